The van der Waals surface area contributed by atoms with Crippen LogP contribution in [-0.4, -0.2) is 23.3 Å². The monoisotopic (exact) mass is 345 g/mol. The van der Waals surface area contributed by atoms with Crippen molar-refractivity contribution in [3.8, 4) is 0 Å². The van der Waals surface area contributed by atoms with E-state index in [0.29, 0.717) is 30.2 Å². The van der Waals surface area contributed by atoms with Crippen molar-refractivity contribution in [2.75, 3.05) is 11.9 Å². The largest absolute Gasteiger partial charge is 0.351 e. The molecule has 0 atom stereocenters. The Kier molecular flexibility index (Phi) is 7.42. The third kappa shape index (κ3) is 6.12. The lowest BCUT2D eigenvalue weighted by molar-refractivity contribution is -0.116. The van der Waals surface area contributed by atoms with Gasteiger partial charge in [-0.05, 0) is 18.4 Å². The number of hydrogen-bond donors (Lipinski definition) is 2. The molecule has 6 heteroatoms. The molecule has 1 aromatic carbocycles. The SMILES string of the molecule is CCCCCNC(=O)c1csc(NC(=O)CCc2ccccc2)n1. The second kappa shape index (κ2) is 9.82. The molecule has 0 aliphatic heterocycles. The van der Waals surface area contributed by atoms with Crippen LogP contribution >= 0.6 is 11.3 Å². The Balaban J connectivity index is 1.76. The van der Waals surface area contributed by atoms with E-state index in [9.17, 15) is 9.59 Å². The molecule has 0 radical (unpaired) electrons. The Labute approximate surface area is 146 Å². The zero-order valence-electron chi connectivity index (χ0n) is 13.9. The van der Waals surface area contributed by atoms with Crippen LogP contribution in [0.15, 0.2) is 35.7 Å². The van der Waals surface area contributed by atoms with E-state index < -0.39 is 0 Å². The van der Waals surface area contributed by atoms with E-state index in [1.165, 1.54) is 11.3 Å². The van der Waals surface area contributed by atoms with Gasteiger partial charge in [0.2, 0.25) is 5.91 Å². The molecule has 2 amide bonds. The quantitative estimate of drug-likeness (QED) is 0.682. The topological polar surface area (TPSA) is 71.1 Å². The lowest BCUT2D eigenvalue weighted by Gasteiger charge is -2.03. The van der Waals surface area contributed by atoms with E-state index in [4.69, 9.17) is 0 Å². The van der Waals surface area contributed by atoms with Gasteiger partial charge in [-0.25, -0.2) is 4.98 Å². The van der Waals surface area contributed by atoms with Crippen molar-refractivity contribution in [2.24, 2.45) is 0 Å². The standard InChI is InChI=1S/C18H23N3O2S/c1-2-3-7-12-19-17(23)15-13-24-18(20-15)21-16(22)11-10-14-8-5-4-6-9-14/h4-6,8-9,13H,2-3,7,10-12H2,1H3,(H,19,23)(H,20,21,22). The van der Waals surface area contributed by atoms with E-state index >= 15 is 0 Å². The van der Waals surface area contributed by atoms with Crippen LogP contribution in [0.4, 0.5) is 5.13 Å². The lowest BCUT2D eigenvalue weighted by atomic mass is 10.1. The van der Waals surface area contributed by atoms with Crippen molar-refractivity contribution in [3.05, 3.63) is 47.0 Å². The van der Waals surface area contributed by atoms with Crippen LogP contribution in [0.25, 0.3) is 0 Å². The number of amides is 2. The number of thiazole rings is 1. The second-order valence-electron chi connectivity index (χ2n) is 5.53. The Morgan fingerprint density at radius 1 is 1.17 bits per heavy atom. The summed E-state index contributed by atoms with van der Waals surface area (Å²) >= 11 is 1.27. The first-order valence-electron chi connectivity index (χ1n) is 8.26. The molecular formula is C18H23N3O2S. The molecule has 0 bridgehead atoms. The predicted octanol–water partition coefficient (Wildman–Crippen LogP) is 3.63. The highest BCUT2D eigenvalue weighted by Gasteiger charge is 2.12. The minimum absolute atomic E-state index is 0.0943. The Morgan fingerprint density at radius 3 is 2.71 bits per heavy atom. The summed E-state index contributed by atoms with van der Waals surface area (Å²) in [6, 6.07) is 9.86. The molecule has 1 heterocycles. The first-order chi connectivity index (χ1) is 11.7. The molecule has 5 nitrogen and oxygen atoms in total. The molecule has 0 aliphatic rings. The van der Waals surface area contributed by atoms with Crippen molar-refractivity contribution >= 4 is 28.3 Å². The number of unbranched alkanes of at least 4 members (excludes halogenated alkanes) is 2. The van der Waals surface area contributed by atoms with Gasteiger partial charge in [-0.2, -0.15) is 0 Å². The van der Waals surface area contributed by atoms with Crippen LogP contribution in [0, 0.1) is 0 Å². The van der Waals surface area contributed by atoms with Gasteiger partial charge in [-0.15, -0.1) is 11.3 Å². The van der Waals surface area contributed by atoms with Crippen LogP contribution in [-0.2, 0) is 11.2 Å². The summed E-state index contributed by atoms with van der Waals surface area (Å²) in [4.78, 5) is 28.1. The highest BCUT2D eigenvalue weighted by Crippen LogP contribution is 2.16. The molecule has 1 aromatic heterocycles. The minimum atomic E-state index is -0.188. The Hall–Kier alpha value is -2.21. The summed E-state index contributed by atoms with van der Waals surface area (Å²) in [5.74, 6) is -0.282. The second-order valence-corrected chi connectivity index (χ2v) is 6.39. The van der Waals surface area contributed by atoms with Gasteiger partial charge in [-0.1, -0.05) is 50.1 Å². The molecule has 128 valence electrons. The molecule has 2 N–H and O–H groups in total. The van der Waals surface area contributed by atoms with E-state index in [-0.39, 0.29) is 11.8 Å². The number of carbonyl (C=O) groups excluding carboxylic acids is 2. The highest BCUT2D eigenvalue weighted by molar-refractivity contribution is 7.14. The third-order valence-electron chi connectivity index (χ3n) is 3.53. The number of nitrogens with one attached hydrogen (secondary N) is 2. The molecule has 0 spiro atoms. The van der Waals surface area contributed by atoms with E-state index in [2.05, 4.69) is 22.5 Å². The fourth-order valence-corrected chi connectivity index (χ4v) is 2.89. The molecular weight excluding hydrogens is 322 g/mol. The predicted molar refractivity (Wildman–Crippen MR) is 97.4 cm³/mol. The fourth-order valence-electron chi connectivity index (χ4n) is 2.19. The Morgan fingerprint density at radius 2 is 1.96 bits per heavy atom. The number of hydrogen-bond acceptors (Lipinski definition) is 4. The van der Waals surface area contributed by atoms with Crippen LogP contribution in [0.2, 0.25) is 0 Å². The summed E-state index contributed by atoms with van der Waals surface area (Å²) < 4.78 is 0. The van der Waals surface area contributed by atoms with Crippen molar-refractivity contribution < 1.29 is 9.59 Å². The van der Waals surface area contributed by atoms with Gasteiger partial charge in [0.25, 0.3) is 5.91 Å². The maximum absolute atomic E-state index is 12.0. The smallest absolute Gasteiger partial charge is 0.270 e. The lowest BCUT2D eigenvalue weighted by Crippen LogP contribution is -2.24. The zero-order chi connectivity index (χ0) is 17.2. The first kappa shape index (κ1) is 18.1. The molecule has 0 saturated heterocycles. The first-order valence-corrected chi connectivity index (χ1v) is 9.14. The molecule has 0 aliphatic carbocycles. The average Bonchev–Trinajstić information content (AvgIpc) is 3.06. The van der Waals surface area contributed by atoms with E-state index in [1.807, 2.05) is 30.3 Å². The molecule has 24 heavy (non-hydrogen) atoms. The normalized spacial score (nSPS) is 10.4. The number of aromatic nitrogens is 1. The van der Waals surface area contributed by atoms with Crippen LogP contribution in [0.3, 0.4) is 0 Å². The van der Waals surface area contributed by atoms with Crippen molar-refractivity contribution in [2.45, 2.75) is 39.0 Å². The molecule has 2 rings (SSSR count). The third-order valence-corrected chi connectivity index (χ3v) is 4.29. The van der Waals surface area contributed by atoms with E-state index in [0.717, 1.165) is 24.8 Å². The number of carbonyl (C=O) groups is 2. The molecule has 2 aromatic rings. The van der Waals surface area contributed by atoms with Gasteiger partial charge in [-0.3, -0.25) is 9.59 Å². The molecule has 0 fully saturated rings. The summed E-state index contributed by atoms with van der Waals surface area (Å²) in [6.45, 7) is 2.78. The van der Waals surface area contributed by atoms with Crippen LogP contribution < -0.4 is 10.6 Å². The summed E-state index contributed by atoms with van der Waals surface area (Å²) in [5, 5.41) is 7.73. The number of benzene rings is 1. The van der Waals surface area contributed by atoms with Crippen LogP contribution in [0.1, 0.15) is 48.7 Å². The number of nitrogens with zero attached hydrogens (tertiary/aromatic N) is 1. The van der Waals surface area contributed by atoms with Crippen molar-refractivity contribution in [3.63, 3.8) is 0 Å². The maximum Gasteiger partial charge on any atom is 0.270 e. The van der Waals surface area contributed by atoms with Gasteiger partial charge in [0.1, 0.15) is 5.69 Å². The summed E-state index contributed by atoms with van der Waals surface area (Å²) in [5.41, 5.74) is 1.48. The van der Waals surface area contributed by atoms with Crippen LogP contribution in [0.5, 0.6) is 0 Å². The maximum atomic E-state index is 12.0. The zero-order valence-corrected chi connectivity index (χ0v) is 14.7. The summed E-state index contributed by atoms with van der Waals surface area (Å²) in [6.07, 6.45) is 4.26. The fraction of sp³-hybridized carbons (Fsp3) is 0.389. The van der Waals surface area contributed by atoms with Crippen molar-refractivity contribution in [1.82, 2.24) is 10.3 Å². The Bertz CT molecular complexity index is 655. The van der Waals surface area contributed by atoms with Gasteiger partial charge in [0, 0.05) is 18.3 Å². The van der Waals surface area contributed by atoms with E-state index in [1.54, 1.807) is 5.38 Å². The van der Waals surface area contributed by atoms with Gasteiger partial charge in [0.15, 0.2) is 5.13 Å². The van der Waals surface area contributed by atoms with Gasteiger partial charge in [0.05, 0.1) is 0 Å². The van der Waals surface area contributed by atoms with Gasteiger partial charge >= 0.3 is 0 Å². The number of anilines is 1. The van der Waals surface area contributed by atoms with Gasteiger partial charge < -0.3 is 10.6 Å². The number of aryl methyl sites for hydroxylation is 1. The number of rotatable bonds is 9. The van der Waals surface area contributed by atoms with Crippen molar-refractivity contribution in [1.29, 1.82) is 0 Å². The molecule has 0 saturated carbocycles. The minimum Gasteiger partial charge on any atom is -0.351 e. The average molecular weight is 345 g/mol. The highest BCUT2D eigenvalue weighted by atomic mass is 32.1. The summed E-state index contributed by atoms with van der Waals surface area (Å²) in [7, 11) is 0. The molecule has 0 unspecified atom stereocenters.